The molecule has 0 bridgehead atoms. The molecule has 0 aliphatic rings. The van der Waals surface area contributed by atoms with Gasteiger partial charge in [-0.3, -0.25) is 9.69 Å². The van der Waals surface area contributed by atoms with E-state index >= 15 is 0 Å². The molecular weight excluding hydrogens is 451 g/mol. The topological polar surface area (TPSA) is 58.1 Å². The maximum Gasteiger partial charge on any atom is 0.259 e. The highest BCUT2D eigenvalue weighted by Crippen LogP contribution is 2.23. The number of amides is 1. The van der Waals surface area contributed by atoms with Crippen LogP contribution in [0.15, 0.2) is 109 Å². The van der Waals surface area contributed by atoms with Crippen LogP contribution >= 0.6 is 0 Å². The van der Waals surface area contributed by atoms with Crippen LogP contribution in [0.4, 0.5) is 16.2 Å². The summed E-state index contributed by atoms with van der Waals surface area (Å²) in [7, 11) is 0. The SMILES string of the molecule is C[C@H](Nc1nccc(N(Cc2ccc(F)cc2)C(=O)c2ccc3ccccc3c2)n1)c1ccccc1. The second kappa shape index (κ2) is 10.4. The van der Waals surface area contributed by atoms with Crippen molar-refractivity contribution in [1.82, 2.24) is 9.97 Å². The van der Waals surface area contributed by atoms with Crippen molar-refractivity contribution >= 4 is 28.4 Å². The van der Waals surface area contributed by atoms with Crippen molar-refractivity contribution in [3.8, 4) is 0 Å². The summed E-state index contributed by atoms with van der Waals surface area (Å²) < 4.78 is 13.5. The Balaban J connectivity index is 1.48. The molecule has 0 spiro atoms. The first-order valence-electron chi connectivity index (χ1n) is 11.8. The number of nitrogens with zero attached hydrogens (tertiary/aromatic N) is 3. The lowest BCUT2D eigenvalue weighted by Crippen LogP contribution is -2.31. The van der Waals surface area contributed by atoms with Crippen LogP contribution in [0.1, 0.15) is 34.5 Å². The molecule has 4 aromatic carbocycles. The van der Waals surface area contributed by atoms with Crippen molar-refractivity contribution in [1.29, 1.82) is 0 Å². The second-order valence-corrected chi connectivity index (χ2v) is 8.59. The molecule has 0 radical (unpaired) electrons. The summed E-state index contributed by atoms with van der Waals surface area (Å²) in [5.41, 5.74) is 2.43. The van der Waals surface area contributed by atoms with E-state index in [2.05, 4.69) is 15.3 Å². The van der Waals surface area contributed by atoms with Gasteiger partial charge in [-0.15, -0.1) is 0 Å². The third kappa shape index (κ3) is 5.23. The van der Waals surface area contributed by atoms with Gasteiger partial charge in [-0.1, -0.05) is 72.8 Å². The Kier molecular flexibility index (Phi) is 6.67. The number of aromatic nitrogens is 2. The van der Waals surface area contributed by atoms with Gasteiger partial charge in [0.1, 0.15) is 11.6 Å². The van der Waals surface area contributed by atoms with Crippen LogP contribution in [-0.2, 0) is 6.54 Å². The molecular formula is C30H25FN4O. The van der Waals surface area contributed by atoms with E-state index in [-0.39, 0.29) is 24.3 Å². The molecule has 6 heteroatoms. The summed E-state index contributed by atoms with van der Waals surface area (Å²) in [6.07, 6.45) is 1.63. The molecule has 1 atom stereocenters. The van der Waals surface area contributed by atoms with Gasteiger partial charge in [-0.2, -0.15) is 4.98 Å². The largest absolute Gasteiger partial charge is 0.348 e. The van der Waals surface area contributed by atoms with E-state index < -0.39 is 0 Å². The Morgan fingerprint density at radius 1 is 0.889 bits per heavy atom. The van der Waals surface area contributed by atoms with Crippen molar-refractivity contribution in [2.45, 2.75) is 19.5 Å². The highest BCUT2D eigenvalue weighted by atomic mass is 19.1. The standard InChI is InChI=1S/C30H25FN4O/c1-21(23-7-3-2-4-8-23)33-30-32-18-17-28(34-30)35(20-22-11-15-27(31)16-12-22)29(36)26-14-13-24-9-5-6-10-25(24)19-26/h2-19,21H,20H2,1H3,(H,32,33,34)/t21-/m0/s1. The summed E-state index contributed by atoms with van der Waals surface area (Å²) in [5.74, 6) is 0.343. The number of benzene rings is 4. The van der Waals surface area contributed by atoms with E-state index in [1.807, 2.05) is 79.7 Å². The Labute approximate surface area is 209 Å². The predicted octanol–water partition coefficient (Wildman–Crippen LogP) is 6.79. The number of nitrogens with one attached hydrogen (secondary N) is 1. The summed E-state index contributed by atoms with van der Waals surface area (Å²) >= 11 is 0. The smallest absolute Gasteiger partial charge is 0.259 e. The molecule has 1 heterocycles. The average Bonchev–Trinajstić information content (AvgIpc) is 2.92. The zero-order valence-corrected chi connectivity index (χ0v) is 19.8. The first-order chi connectivity index (χ1) is 17.6. The third-order valence-electron chi connectivity index (χ3n) is 6.06. The maximum absolute atomic E-state index is 13.8. The number of hydrogen-bond acceptors (Lipinski definition) is 4. The fourth-order valence-corrected chi connectivity index (χ4v) is 4.10. The Morgan fingerprint density at radius 2 is 1.61 bits per heavy atom. The molecule has 0 aliphatic carbocycles. The van der Waals surface area contributed by atoms with Gasteiger partial charge >= 0.3 is 0 Å². The highest BCUT2D eigenvalue weighted by Gasteiger charge is 2.21. The lowest BCUT2D eigenvalue weighted by Gasteiger charge is -2.23. The number of hydrogen-bond donors (Lipinski definition) is 1. The monoisotopic (exact) mass is 476 g/mol. The van der Waals surface area contributed by atoms with Crippen LogP contribution in [0.3, 0.4) is 0 Å². The normalized spacial score (nSPS) is 11.7. The van der Waals surface area contributed by atoms with Crippen LogP contribution < -0.4 is 10.2 Å². The lowest BCUT2D eigenvalue weighted by atomic mass is 10.1. The Bertz CT molecular complexity index is 1490. The molecule has 1 N–H and O–H groups in total. The van der Waals surface area contributed by atoms with E-state index in [0.29, 0.717) is 17.3 Å². The molecule has 5 nitrogen and oxygen atoms in total. The number of rotatable bonds is 7. The van der Waals surface area contributed by atoms with Gasteiger partial charge in [0.25, 0.3) is 5.91 Å². The van der Waals surface area contributed by atoms with Gasteiger partial charge in [0.15, 0.2) is 0 Å². The minimum Gasteiger partial charge on any atom is -0.348 e. The molecule has 1 aromatic heterocycles. The lowest BCUT2D eigenvalue weighted by molar-refractivity contribution is 0.0984. The quantitative estimate of drug-likeness (QED) is 0.281. The van der Waals surface area contributed by atoms with Gasteiger partial charge in [0.05, 0.1) is 12.6 Å². The molecule has 0 saturated heterocycles. The van der Waals surface area contributed by atoms with E-state index in [9.17, 15) is 9.18 Å². The number of carbonyl (C=O) groups is 1. The van der Waals surface area contributed by atoms with Gasteiger partial charge in [-0.05, 0) is 59.2 Å². The molecule has 5 aromatic rings. The van der Waals surface area contributed by atoms with Gasteiger partial charge in [0.2, 0.25) is 5.95 Å². The van der Waals surface area contributed by atoms with E-state index in [0.717, 1.165) is 21.9 Å². The first-order valence-corrected chi connectivity index (χ1v) is 11.8. The minimum absolute atomic E-state index is 0.0248. The Morgan fingerprint density at radius 3 is 2.39 bits per heavy atom. The highest BCUT2D eigenvalue weighted by molar-refractivity contribution is 6.07. The van der Waals surface area contributed by atoms with Gasteiger partial charge < -0.3 is 5.32 Å². The molecule has 0 saturated carbocycles. The van der Waals surface area contributed by atoms with Crippen LogP contribution in [0, 0.1) is 5.82 Å². The molecule has 5 rings (SSSR count). The summed E-state index contributed by atoms with van der Waals surface area (Å²) in [5, 5.41) is 5.35. The second-order valence-electron chi connectivity index (χ2n) is 8.59. The maximum atomic E-state index is 13.8. The molecule has 0 fully saturated rings. The molecule has 0 unspecified atom stereocenters. The van der Waals surface area contributed by atoms with Crippen LogP contribution in [-0.4, -0.2) is 15.9 Å². The molecule has 0 aliphatic heterocycles. The fraction of sp³-hybridized carbons (Fsp3) is 0.100. The molecule has 1 amide bonds. The Hall–Kier alpha value is -4.58. The number of fused-ring (bicyclic) bond motifs is 1. The van der Waals surface area contributed by atoms with Crippen molar-refractivity contribution in [2.75, 3.05) is 10.2 Å². The van der Waals surface area contributed by atoms with Crippen molar-refractivity contribution in [3.05, 3.63) is 132 Å². The van der Waals surface area contributed by atoms with Crippen molar-refractivity contribution in [3.63, 3.8) is 0 Å². The van der Waals surface area contributed by atoms with E-state index in [4.69, 9.17) is 0 Å². The van der Waals surface area contributed by atoms with Crippen molar-refractivity contribution in [2.24, 2.45) is 0 Å². The van der Waals surface area contributed by atoms with Gasteiger partial charge in [0, 0.05) is 11.8 Å². The average molecular weight is 477 g/mol. The zero-order valence-electron chi connectivity index (χ0n) is 19.8. The predicted molar refractivity (Wildman–Crippen MR) is 141 cm³/mol. The number of halogens is 1. The number of anilines is 2. The van der Waals surface area contributed by atoms with Crippen molar-refractivity contribution < 1.29 is 9.18 Å². The molecule has 36 heavy (non-hydrogen) atoms. The number of carbonyl (C=O) groups excluding carboxylic acids is 1. The molecule has 178 valence electrons. The first kappa shape index (κ1) is 23.2. The van der Waals surface area contributed by atoms with Crippen LogP contribution in [0.5, 0.6) is 0 Å². The fourth-order valence-electron chi connectivity index (χ4n) is 4.10. The van der Waals surface area contributed by atoms with Crippen LogP contribution in [0.2, 0.25) is 0 Å². The summed E-state index contributed by atoms with van der Waals surface area (Å²) in [6.45, 7) is 2.26. The van der Waals surface area contributed by atoms with E-state index in [1.54, 1.807) is 29.3 Å². The van der Waals surface area contributed by atoms with E-state index in [1.165, 1.54) is 12.1 Å². The van der Waals surface area contributed by atoms with Gasteiger partial charge in [-0.25, -0.2) is 9.37 Å². The van der Waals surface area contributed by atoms with Crippen LogP contribution in [0.25, 0.3) is 10.8 Å². The zero-order chi connectivity index (χ0) is 24.9. The third-order valence-corrected chi connectivity index (χ3v) is 6.06. The minimum atomic E-state index is -0.324. The summed E-state index contributed by atoms with van der Waals surface area (Å²) in [4.78, 5) is 24.4. The summed E-state index contributed by atoms with van der Waals surface area (Å²) in [6, 6.07) is 31.4.